The van der Waals surface area contributed by atoms with Crippen LogP contribution < -0.4 is 0 Å². The van der Waals surface area contributed by atoms with E-state index in [-0.39, 0.29) is 0 Å². The second-order valence-electron chi connectivity index (χ2n) is 4.52. The van der Waals surface area contributed by atoms with Crippen LogP contribution in [0.2, 0.25) is 5.02 Å². The maximum Gasteiger partial charge on any atom is 0.0459 e. The zero-order valence-corrected chi connectivity index (χ0v) is 10.2. The summed E-state index contributed by atoms with van der Waals surface area (Å²) in [6.45, 7) is 6.61. The Labute approximate surface area is 95.5 Å². The lowest BCUT2D eigenvalue weighted by molar-refractivity contribution is 0.647. The van der Waals surface area contributed by atoms with E-state index in [2.05, 4.69) is 37.9 Å². The Balaban J connectivity index is 2.60. The molecule has 1 aromatic carbocycles. The lowest BCUT2D eigenvalue weighted by atomic mass is 10.0. The highest BCUT2D eigenvalue weighted by molar-refractivity contribution is 6.31. The van der Waals surface area contributed by atoms with Gasteiger partial charge in [-0.15, -0.1) is 0 Å². The highest BCUT2D eigenvalue weighted by Crippen LogP contribution is 2.27. The maximum absolute atomic E-state index is 6.02. The Bertz CT molecular complexity index is 482. The van der Waals surface area contributed by atoms with E-state index in [9.17, 15) is 0 Å². The molecule has 0 amide bonds. The van der Waals surface area contributed by atoms with Crippen LogP contribution in [0.1, 0.15) is 25.1 Å². The topological polar surface area (TPSA) is 15.8 Å². The molecule has 2 aromatic rings. The lowest BCUT2D eigenvalue weighted by Crippen LogP contribution is -1.94. The molecule has 0 saturated heterocycles. The van der Waals surface area contributed by atoms with Gasteiger partial charge in [0.1, 0.15) is 0 Å². The SMILES string of the molecule is Cc1[nH]c2ccc(Cl)cc2c1CC(C)C. The summed E-state index contributed by atoms with van der Waals surface area (Å²) < 4.78 is 0. The van der Waals surface area contributed by atoms with Crippen LogP contribution >= 0.6 is 11.6 Å². The second-order valence-corrected chi connectivity index (χ2v) is 4.95. The molecule has 15 heavy (non-hydrogen) atoms. The molecule has 0 spiro atoms. The maximum atomic E-state index is 6.02. The van der Waals surface area contributed by atoms with Gasteiger partial charge in [-0.05, 0) is 43.0 Å². The number of hydrogen-bond donors (Lipinski definition) is 1. The molecule has 1 aromatic heterocycles. The van der Waals surface area contributed by atoms with Crippen LogP contribution in [-0.4, -0.2) is 4.98 Å². The standard InChI is InChI=1S/C13H16ClN/c1-8(2)6-11-9(3)15-13-5-4-10(14)7-12(11)13/h4-5,7-8,15H,6H2,1-3H3. The third kappa shape index (κ3) is 2.03. The van der Waals surface area contributed by atoms with E-state index < -0.39 is 0 Å². The van der Waals surface area contributed by atoms with Crippen molar-refractivity contribution < 1.29 is 0 Å². The minimum Gasteiger partial charge on any atom is -0.358 e. The summed E-state index contributed by atoms with van der Waals surface area (Å²) in [7, 11) is 0. The number of rotatable bonds is 2. The van der Waals surface area contributed by atoms with Gasteiger partial charge in [-0.3, -0.25) is 0 Å². The summed E-state index contributed by atoms with van der Waals surface area (Å²) in [5.74, 6) is 0.668. The molecule has 1 N–H and O–H groups in total. The molecule has 80 valence electrons. The van der Waals surface area contributed by atoms with E-state index in [4.69, 9.17) is 11.6 Å². The second kappa shape index (κ2) is 3.90. The highest BCUT2D eigenvalue weighted by atomic mass is 35.5. The van der Waals surface area contributed by atoms with Crippen molar-refractivity contribution >= 4 is 22.5 Å². The van der Waals surface area contributed by atoms with Crippen molar-refractivity contribution in [2.75, 3.05) is 0 Å². The smallest absolute Gasteiger partial charge is 0.0459 e. The first-order valence-corrected chi connectivity index (χ1v) is 5.72. The molecule has 0 aliphatic rings. The van der Waals surface area contributed by atoms with Crippen molar-refractivity contribution in [2.45, 2.75) is 27.2 Å². The lowest BCUT2D eigenvalue weighted by Gasteiger charge is -2.04. The fourth-order valence-corrected chi connectivity index (χ4v) is 2.20. The highest BCUT2D eigenvalue weighted by Gasteiger charge is 2.09. The Kier molecular flexibility index (Phi) is 2.74. The zero-order valence-electron chi connectivity index (χ0n) is 9.39. The van der Waals surface area contributed by atoms with E-state index in [1.54, 1.807) is 0 Å². The molecular weight excluding hydrogens is 206 g/mol. The molecule has 0 fully saturated rings. The monoisotopic (exact) mass is 221 g/mol. The third-order valence-electron chi connectivity index (χ3n) is 2.69. The van der Waals surface area contributed by atoms with E-state index in [0.29, 0.717) is 5.92 Å². The van der Waals surface area contributed by atoms with E-state index in [1.165, 1.54) is 22.2 Å². The molecule has 0 aliphatic heterocycles. The average molecular weight is 222 g/mol. The summed E-state index contributed by atoms with van der Waals surface area (Å²) in [5.41, 5.74) is 3.86. The van der Waals surface area contributed by atoms with Crippen molar-refractivity contribution in [3.05, 3.63) is 34.5 Å². The van der Waals surface area contributed by atoms with Gasteiger partial charge in [0.15, 0.2) is 0 Å². The van der Waals surface area contributed by atoms with Gasteiger partial charge >= 0.3 is 0 Å². The Morgan fingerprint density at radius 3 is 2.73 bits per heavy atom. The largest absolute Gasteiger partial charge is 0.358 e. The number of aromatic nitrogens is 1. The molecule has 2 rings (SSSR count). The number of nitrogens with one attached hydrogen (secondary N) is 1. The third-order valence-corrected chi connectivity index (χ3v) is 2.93. The summed E-state index contributed by atoms with van der Waals surface area (Å²) in [4.78, 5) is 3.40. The molecular formula is C13H16ClN. The van der Waals surface area contributed by atoms with E-state index in [1.807, 2.05) is 6.07 Å². The number of aromatic amines is 1. The average Bonchev–Trinajstić information content (AvgIpc) is 2.43. The predicted molar refractivity (Wildman–Crippen MR) is 66.6 cm³/mol. The van der Waals surface area contributed by atoms with Crippen molar-refractivity contribution in [1.29, 1.82) is 0 Å². The van der Waals surface area contributed by atoms with Gasteiger partial charge in [0.25, 0.3) is 0 Å². The fraction of sp³-hybridized carbons (Fsp3) is 0.385. The minimum absolute atomic E-state index is 0.668. The molecule has 0 saturated carbocycles. The van der Waals surface area contributed by atoms with Crippen LogP contribution in [0.25, 0.3) is 10.9 Å². The minimum atomic E-state index is 0.668. The first kappa shape index (κ1) is 10.6. The van der Waals surface area contributed by atoms with Crippen molar-refractivity contribution in [3.8, 4) is 0 Å². The van der Waals surface area contributed by atoms with E-state index in [0.717, 1.165) is 11.4 Å². The number of halogens is 1. The van der Waals surface area contributed by atoms with Gasteiger partial charge < -0.3 is 4.98 Å². The summed E-state index contributed by atoms with van der Waals surface area (Å²) in [5, 5.41) is 2.08. The zero-order chi connectivity index (χ0) is 11.0. The number of aryl methyl sites for hydroxylation is 1. The molecule has 0 aliphatic carbocycles. The molecule has 2 heteroatoms. The number of hydrogen-bond acceptors (Lipinski definition) is 0. The van der Waals surface area contributed by atoms with Gasteiger partial charge in [0.2, 0.25) is 0 Å². The van der Waals surface area contributed by atoms with Gasteiger partial charge in [-0.25, -0.2) is 0 Å². The van der Waals surface area contributed by atoms with Crippen LogP contribution in [0.3, 0.4) is 0 Å². The molecule has 0 unspecified atom stereocenters. The van der Waals surface area contributed by atoms with E-state index >= 15 is 0 Å². The molecule has 1 heterocycles. The van der Waals surface area contributed by atoms with Crippen LogP contribution in [-0.2, 0) is 6.42 Å². The fourth-order valence-electron chi connectivity index (χ4n) is 2.03. The Morgan fingerprint density at radius 1 is 1.33 bits per heavy atom. The summed E-state index contributed by atoms with van der Waals surface area (Å²) >= 11 is 6.02. The quantitative estimate of drug-likeness (QED) is 0.777. The van der Waals surface area contributed by atoms with Crippen molar-refractivity contribution in [1.82, 2.24) is 4.98 Å². The van der Waals surface area contributed by atoms with Crippen molar-refractivity contribution in [3.63, 3.8) is 0 Å². The van der Waals surface area contributed by atoms with Crippen molar-refractivity contribution in [2.24, 2.45) is 5.92 Å². The van der Waals surface area contributed by atoms with Gasteiger partial charge in [-0.1, -0.05) is 25.4 Å². The van der Waals surface area contributed by atoms with Gasteiger partial charge in [0.05, 0.1) is 0 Å². The van der Waals surface area contributed by atoms with Gasteiger partial charge in [-0.2, -0.15) is 0 Å². The van der Waals surface area contributed by atoms with Crippen LogP contribution in [0.15, 0.2) is 18.2 Å². The van der Waals surface area contributed by atoms with Crippen LogP contribution in [0.5, 0.6) is 0 Å². The summed E-state index contributed by atoms with van der Waals surface area (Å²) in [6.07, 6.45) is 1.10. The Hall–Kier alpha value is -0.950. The number of fused-ring (bicyclic) bond motifs is 1. The molecule has 0 radical (unpaired) electrons. The van der Waals surface area contributed by atoms with Gasteiger partial charge in [0, 0.05) is 21.6 Å². The van der Waals surface area contributed by atoms with Crippen LogP contribution in [0.4, 0.5) is 0 Å². The first-order valence-electron chi connectivity index (χ1n) is 5.34. The molecule has 0 atom stereocenters. The number of benzene rings is 1. The Morgan fingerprint density at radius 2 is 2.07 bits per heavy atom. The first-order chi connectivity index (χ1) is 7.08. The summed E-state index contributed by atoms with van der Waals surface area (Å²) in [6, 6.07) is 6.03. The van der Waals surface area contributed by atoms with Crippen LogP contribution in [0, 0.1) is 12.8 Å². The normalized spacial score (nSPS) is 11.5. The molecule has 0 bridgehead atoms. The number of H-pyrrole nitrogens is 1. The predicted octanol–water partition coefficient (Wildman–Crippen LogP) is 4.33. The molecule has 1 nitrogen and oxygen atoms in total.